The van der Waals surface area contributed by atoms with Crippen molar-refractivity contribution in [2.24, 2.45) is 23.7 Å². The quantitative estimate of drug-likeness (QED) is 0.170. The molecule has 10 nitrogen and oxygen atoms in total. The summed E-state index contributed by atoms with van der Waals surface area (Å²) >= 11 is 3.22. The molecular formula is C31H21BrN2O8. The van der Waals surface area contributed by atoms with Crippen molar-refractivity contribution in [3.63, 3.8) is 0 Å². The normalized spacial score (nSPS) is 26.4. The molecule has 2 aromatic carbocycles. The van der Waals surface area contributed by atoms with E-state index in [2.05, 4.69) is 15.9 Å². The predicted molar refractivity (Wildman–Crippen MR) is 151 cm³/mol. The Morgan fingerprint density at radius 3 is 2.64 bits per heavy atom. The third kappa shape index (κ3) is 3.83. The van der Waals surface area contributed by atoms with Crippen LogP contribution in [-0.2, 0) is 25.6 Å². The van der Waals surface area contributed by atoms with Crippen molar-refractivity contribution in [2.45, 2.75) is 19.3 Å². The summed E-state index contributed by atoms with van der Waals surface area (Å²) in [6.07, 6.45) is 5.39. The van der Waals surface area contributed by atoms with Crippen molar-refractivity contribution in [3.05, 3.63) is 103 Å². The molecule has 210 valence electrons. The lowest BCUT2D eigenvalue weighted by Crippen LogP contribution is -2.41. The van der Waals surface area contributed by atoms with Crippen molar-refractivity contribution in [3.8, 4) is 11.5 Å². The number of imide groups is 1. The molecule has 2 heterocycles. The molecule has 2 aliphatic heterocycles. The van der Waals surface area contributed by atoms with Crippen LogP contribution >= 0.6 is 15.9 Å². The van der Waals surface area contributed by atoms with E-state index in [9.17, 15) is 34.4 Å². The molecule has 2 aromatic rings. The highest BCUT2D eigenvalue weighted by molar-refractivity contribution is 9.12. The summed E-state index contributed by atoms with van der Waals surface area (Å²) in [5.74, 6) is -3.74. The summed E-state index contributed by atoms with van der Waals surface area (Å²) in [5, 5.41) is 21.4. The van der Waals surface area contributed by atoms with E-state index in [0.717, 1.165) is 10.5 Å². The maximum Gasteiger partial charge on any atom is 0.271 e. The van der Waals surface area contributed by atoms with E-state index in [1.54, 1.807) is 18.4 Å². The maximum absolute atomic E-state index is 14.0. The minimum atomic E-state index is -0.817. The molecule has 0 radical (unpaired) electrons. The SMILES string of the molecule is O=C1C=C(Br)C(=O)C2=C1[C@@H](C1=COc3ccc(O)cc3C1)C1=CC[C@@H]3C(=O)N(c4cccc([N+](=O)[O-])c4)C(=O)[C@@H]3[C@@H]1C2. The summed E-state index contributed by atoms with van der Waals surface area (Å²) in [4.78, 5) is 66.3. The number of carbonyl (C=O) groups is 4. The van der Waals surface area contributed by atoms with Gasteiger partial charge in [-0.05, 0) is 64.5 Å². The van der Waals surface area contributed by atoms with E-state index >= 15 is 0 Å². The number of nitro groups is 1. The van der Waals surface area contributed by atoms with Gasteiger partial charge in [-0.15, -0.1) is 0 Å². The van der Waals surface area contributed by atoms with Crippen LogP contribution in [0.3, 0.4) is 0 Å². The Hall–Kier alpha value is -4.64. The Morgan fingerprint density at radius 2 is 1.86 bits per heavy atom. The number of hydrogen-bond acceptors (Lipinski definition) is 8. The molecule has 0 aromatic heterocycles. The number of phenols is 1. The first-order chi connectivity index (χ1) is 20.1. The van der Waals surface area contributed by atoms with Gasteiger partial charge in [0.05, 0.1) is 33.2 Å². The van der Waals surface area contributed by atoms with Gasteiger partial charge in [-0.25, -0.2) is 4.90 Å². The summed E-state index contributed by atoms with van der Waals surface area (Å²) in [7, 11) is 0. The summed E-state index contributed by atoms with van der Waals surface area (Å²) in [5.41, 5.74) is 2.66. The van der Waals surface area contributed by atoms with Crippen LogP contribution in [-0.4, -0.2) is 33.4 Å². The Labute approximate surface area is 246 Å². The largest absolute Gasteiger partial charge is 0.508 e. The molecule has 1 N–H and O–H groups in total. The molecule has 0 bridgehead atoms. The second-order valence-electron chi connectivity index (χ2n) is 11.0. The van der Waals surface area contributed by atoms with Gasteiger partial charge >= 0.3 is 0 Å². The molecule has 2 amide bonds. The number of nitro benzene ring substituents is 1. The highest BCUT2D eigenvalue weighted by Gasteiger charge is 2.57. The van der Waals surface area contributed by atoms with Gasteiger partial charge < -0.3 is 9.84 Å². The number of phenolic OH excluding ortho intramolecular Hbond substituents is 1. The molecule has 0 saturated carbocycles. The van der Waals surface area contributed by atoms with E-state index < -0.39 is 40.4 Å². The van der Waals surface area contributed by atoms with Crippen LogP contribution in [0.15, 0.2) is 87.7 Å². The van der Waals surface area contributed by atoms with Crippen molar-refractivity contribution in [2.75, 3.05) is 4.90 Å². The Morgan fingerprint density at radius 1 is 1.05 bits per heavy atom. The zero-order valence-electron chi connectivity index (χ0n) is 21.8. The van der Waals surface area contributed by atoms with Crippen LogP contribution < -0.4 is 9.64 Å². The average Bonchev–Trinajstić information content (AvgIpc) is 3.23. The van der Waals surface area contributed by atoms with Crippen molar-refractivity contribution < 1.29 is 33.9 Å². The van der Waals surface area contributed by atoms with Crippen LogP contribution in [0.4, 0.5) is 11.4 Å². The number of rotatable bonds is 3. The number of nitrogens with zero attached hydrogens (tertiary/aromatic N) is 2. The van der Waals surface area contributed by atoms with Gasteiger partial charge in [-0.2, -0.15) is 0 Å². The standard InChI is InChI=1S/C31H21BrN2O8/c32-23-12-24(36)28-22(29(23)37)11-21-19(26(28)15-8-14-9-18(35)4-7-25(14)42-13-15)5-6-20-27(21)31(39)33(30(20)38)16-2-1-3-17(10-16)34(40)41/h1-5,7,9-10,12-13,20-21,26-27,35H,6,8,11H2/t20-,21+,26-,27-/m0/s1. The van der Waals surface area contributed by atoms with Gasteiger partial charge in [0.15, 0.2) is 11.6 Å². The molecule has 11 heteroatoms. The molecule has 5 aliphatic rings. The first-order valence-electron chi connectivity index (χ1n) is 13.3. The maximum atomic E-state index is 14.0. The number of anilines is 1. The van der Waals surface area contributed by atoms with Gasteiger partial charge in [0.1, 0.15) is 11.5 Å². The van der Waals surface area contributed by atoms with Gasteiger partial charge in [-0.1, -0.05) is 17.7 Å². The highest BCUT2D eigenvalue weighted by atomic mass is 79.9. The van der Waals surface area contributed by atoms with E-state index in [1.807, 2.05) is 6.08 Å². The second kappa shape index (κ2) is 9.45. The molecule has 4 atom stereocenters. The minimum Gasteiger partial charge on any atom is -0.508 e. The van der Waals surface area contributed by atoms with Gasteiger partial charge in [-0.3, -0.25) is 29.3 Å². The number of benzene rings is 2. The first-order valence-corrected chi connectivity index (χ1v) is 14.1. The van der Waals surface area contributed by atoms with Crippen LogP contribution in [0.2, 0.25) is 0 Å². The first kappa shape index (κ1) is 26.3. The fourth-order valence-corrected chi connectivity index (χ4v) is 7.46. The van der Waals surface area contributed by atoms with Crippen molar-refractivity contribution >= 4 is 50.7 Å². The van der Waals surface area contributed by atoms with Crippen molar-refractivity contribution in [1.82, 2.24) is 0 Å². The number of Topliss-reactive ketones (excluding diaryl/α,β-unsaturated/α-hetero) is 1. The monoisotopic (exact) mass is 628 g/mol. The highest BCUT2D eigenvalue weighted by Crippen LogP contribution is 2.55. The van der Waals surface area contributed by atoms with Crippen LogP contribution in [0.25, 0.3) is 0 Å². The number of carbonyl (C=O) groups excluding carboxylic acids is 4. The number of hydrogen-bond donors (Lipinski definition) is 1. The molecule has 0 unspecified atom stereocenters. The molecular weight excluding hydrogens is 608 g/mol. The van der Waals surface area contributed by atoms with Gasteiger partial charge in [0, 0.05) is 47.3 Å². The van der Waals surface area contributed by atoms with Crippen LogP contribution in [0.5, 0.6) is 11.5 Å². The smallest absolute Gasteiger partial charge is 0.271 e. The fourth-order valence-electron chi connectivity index (χ4n) is 7.02. The lowest BCUT2D eigenvalue weighted by molar-refractivity contribution is -0.384. The van der Waals surface area contributed by atoms with E-state index in [4.69, 9.17) is 4.74 Å². The number of ether oxygens (including phenoxy) is 1. The Balaban J connectivity index is 1.32. The second-order valence-corrected chi connectivity index (χ2v) is 11.8. The average molecular weight is 629 g/mol. The molecule has 0 spiro atoms. The fraction of sp³-hybridized carbons (Fsp3) is 0.226. The Bertz CT molecular complexity index is 1800. The number of ketones is 2. The van der Waals surface area contributed by atoms with Crippen LogP contribution in [0.1, 0.15) is 18.4 Å². The van der Waals surface area contributed by atoms with E-state index in [1.165, 1.54) is 36.4 Å². The topological polar surface area (TPSA) is 144 Å². The van der Waals surface area contributed by atoms with Crippen molar-refractivity contribution in [1.29, 1.82) is 0 Å². The molecule has 42 heavy (non-hydrogen) atoms. The van der Waals surface area contributed by atoms with Crippen LogP contribution in [0, 0.1) is 33.8 Å². The third-order valence-corrected chi connectivity index (χ3v) is 9.37. The summed E-state index contributed by atoms with van der Waals surface area (Å²) < 4.78 is 6.01. The Kier molecular flexibility index (Phi) is 5.91. The lowest BCUT2D eigenvalue weighted by Gasteiger charge is -2.43. The molecule has 1 fully saturated rings. The lowest BCUT2D eigenvalue weighted by atomic mass is 9.59. The molecule has 1 saturated heterocycles. The minimum absolute atomic E-state index is 0.0619. The number of fused-ring (bicyclic) bond motifs is 4. The van der Waals surface area contributed by atoms with Gasteiger partial charge in [0.2, 0.25) is 11.8 Å². The van der Waals surface area contributed by atoms with Gasteiger partial charge in [0.25, 0.3) is 5.69 Å². The molecule has 3 aliphatic carbocycles. The number of aromatic hydroxyl groups is 1. The summed E-state index contributed by atoms with van der Waals surface area (Å²) in [6, 6.07) is 10.2. The number of non-ortho nitro benzene ring substituents is 1. The number of allylic oxidation sites excluding steroid dienone is 7. The summed E-state index contributed by atoms with van der Waals surface area (Å²) in [6.45, 7) is 0. The van der Waals surface area contributed by atoms with E-state index in [0.29, 0.717) is 34.5 Å². The number of amides is 2. The van der Waals surface area contributed by atoms with E-state index in [-0.39, 0.29) is 46.0 Å². The zero-order chi connectivity index (χ0) is 29.4. The number of halogens is 1. The zero-order valence-corrected chi connectivity index (χ0v) is 23.4. The third-order valence-electron chi connectivity index (χ3n) is 8.78. The molecule has 7 rings (SSSR count). The predicted octanol–water partition coefficient (Wildman–Crippen LogP) is 4.62.